The van der Waals surface area contributed by atoms with Gasteiger partial charge in [0.15, 0.2) is 11.6 Å². The smallest absolute Gasteiger partial charge is 0.338 e. The van der Waals surface area contributed by atoms with Gasteiger partial charge in [0.2, 0.25) is 0 Å². The van der Waals surface area contributed by atoms with Crippen LogP contribution in [0.25, 0.3) is 11.1 Å². The zero-order chi connectivity index (χ0) is 22.7. The van der Waals surface area contributed by atoms with Crippen molar-refractivity contribution >= 4 is 33.9 Å². The van der Waals surface area contributed by atoms with Crippen LogP contribution in [0.5, 0.6) is 5.75 Å². The average Bonchev–Trinajstić information content (AvgIpc) is 3.02. The maximum Gasteiger partial charge on any atom is 0.338 e. The van der Waals surface area contributed by atoms with Gasteiger partial charge in [-0.2, -0.15) is 5.10 Å². The standard InChI is InChI=1S/C21H21BrFN5O3/c1-11(15-8-13(23)5-6-14(15)21(29)30-4)31-17-7-12(9-26-20(17)24)18-16(10-25-2)28(3)27-19(18)22/h5-11H,1-4H3,(H2,24,26). The van der Waals surface area contributed by atoms with Gasteiger partial charge < -0.3 is 15.2 Å². The van der Waals surface area contributed by atoms with Gasteiger partial charge in [-0.1, -0.05) is 0 Å². The molecule has 0 saturated heterocycles. The lowest BCUT2D eigenvalue weighted by Crippen LogP contribution is -2.13. The molecule has 0 fully saturated rings. The molecule has 0 radical (unpaired) electrons. The highest BCUT2D eigenvalue weighted by Crippen LogP contribution is 2.35. The molecule has 2 heterocycles. The van der Waals surface area contributed by atoms with Crippen molar-refractivity contribution in [1.29, 1.82) is 0 Å². The molecule has 3 rings (SSSR count). The van der Waals surface area contributed by atoms with Crippen LogP contribution in [0.2, 0.25) is 0 Å². The van der Waals surface area contributed by atoms with Crippen LogP contribution in [-0.2, 0) is 11.8 Å². The molecule has 1 aromatic carbocycles. The summed E-state index contributed by atoms with van der Waals surface area (Å²) >= 11 is 3.46. The molecule has 31 heavy (non-hydrogen) atoms. The maximum atomic E-state index is 13.9. The molecule has 3 aromatic rings. The van der Waals surface area contributed by atoms with E-state index in [2.05, 4.69) is 31.0 Å². The molecule has 1 atom stereocenters. The normalized spacial score (nSPS) is 12.2. The van der Waals surface area contributed by atoms with Gasteiger partial charge >= 0.3 is 5.97 Å². The number of nitrogen functional groups attached to an aromatic ring is 1. The SMILES string of the molecule is CN=Cc1c(-c2cnc(N)c(OC(C)c3cc(F)ccc3C(=O)OC)c2)c(Br)nn1C. The predicted molar refractivity (Wildman–Crippen MR) is 119 cm³/mol. The monoisotopic (exact) mass is 489 g/mol. The Kier molecular flexibility index (Phi) is 6.69. The first kappa shape index (κ1) is 22.4. The number of nitrogens with two attached hydrogens (primary N) is 1. The number of methoxy groups -OCH3 is 1. The van der Waals surface area contributed by atoms with Gasteiger partial charge in [0.05, 0.1) is 18.4 Å². The van der Waals surface area contributed by atoms with Gasteiger partial charge in [-0.25, -0.2) is 14.2 Å². The number of benzene rings is 1. The lowest BCUT2D eigenvalue weighted by Gasteiger charge is -2.19. The molecule has 2 N–H and O–H groups in total. The Labute approximate surface area is 187 Å². The molecule has 8 nitrogen and oxygen atoms in total. The van der Waals surface area contributed by atoms with Crippen LogP contribution in [0.4, 0.5) is 10.2 Å². The second-order valence-corrected chi connectivity index (χ2v) is 7.40. The zero-order valence-corrected chi connectivity index (χ0v) is 19.0. The van der Waals surface area contributed by atoms with Gasteiger partial charge in [0.1, 0.15) is 16.5 Å². The van der Waals surface area contributed by atoms with Gasteiger partial charge in [-0.05, 0) is 47.1 Å². The second-order valence-electron chi connectivity index (χ2n) is 6.65. The van der Waals surface area contributed by atoms with Crippen LogP contribution >= 0.6 is 15.9 Å². The van der Waals surface area contributed by atoms with Crippen LogP contribution in [0.1, 0.15) is 34.6 Å². The van der Waals surface area contributed by atoms with Crippen molar-refractivity contribution in [2.24, 2.45) is 12.0 Å². The van der Waals surface area contributed by atoms with E-state index in [1.807, 2.05) is 0 Å². The largest absolute Gasteiger partial charge is 0.482 e. The lowest BCUT2D eigenvalue weighted by atomic mass is 10.0. The topological polar surface area (TPSA) is 105 Å². The van der Waals surface area contributed by atoms with E-state index in [0.717, 1.165) is 11.3 Å². The third-order valence-corrected chi connectivity index (χ3v) is 5.19. The van der Waals surface area contributed by atoms with Gasteiger partial charge in [-0.15, -0.1) is 0 Å². The number of aryl methyl sites for hydroxylation is 1. The molecule has 0 amide bonds. The Balaban J connectivity index is 2.02. The molecular formula is C21H21BrFN5O3. The summed E-state index contributed by atoms with van der Waals surface area (Å²) in [5.41, 5.74) is 8.78. The molecule has 1 unspecified atom stereocenters. The number of carbonyl (C=O) groups excluding carboxylic acids is 1. The number of ether oxygens (including phenoxy) is 2. The zero-order valence-electron chi connectivity index (χ0n) is 17.4. The van der Waals surface area contributed by atoms with E-state index in [4.69, 9.17) is 15.2 Å². The van der Waals surface area contributed by atoms with Crippen molar-refractivity contribution < 1.29 is 18.7 Å². The average molecular weight is 490 g/mol. The molecule has 0 aliphatic rings. The number of hydrogen-bond donors (Lipinski definition) is 1. The number of carbonyl (C=O) groups is 1. The van der Waals surface area contributed by atoms with E-state index >= 15 is 0 Å². The number of esters is 1. The van der Waals surface area contributed by atoms with E-state index < -0.39 is 17.9 Å². The Hall–Kier alpha value is -3.27. The number of aliphatic imine (C=N–C) groups is 1. The van der Waals surface area contributed by atoms with Crippen LogP contribution in [-0.4, -0.2) is 41.1 Å². The molecule has 0 spiro atoms. The van der Waals surface area contributed by atoms with E-state index in [-0.39, 0.29) is 17.1 Å². The molecule has 0 bridgehead atoms. The summed E-state index contributed by atoms with van der Waals surface area (Å²) in [7, 11) is 4.73. The van der Waals surface area contributed by atoms with Crippen molar-refractivity contribution in [3.05, 3.63) is 57.7 Å². The fourth-order valence-corrected chi connectivity index (χ4v) is 3.82. The molecule has 162 valence electrons. The van der Waals surface area contributed by atoms with E-state index in [1.165, 1.54) is 25.3 Å². The number of anilines is 1. The third kappa shape index (κ3) is 4.58. The van der Waals surface area contributed by atoms with Crippen molar-refractivity contribution in [2.45, 2.75) is 13.0 Å². The highest BCUT2D eigenvalue weighted by Gasteiger charge is 2.21. The fourth-order valence-electron chi connectivity index (χ4n) is 3.15. The number of rotatable bonds is 6. The van der Waals surface area contributed by atoms with E-state index in [1.54, 1.807) is 44.2 Å². The molecule has 10 heteroatoms. The first-order valence-corrected chi connectivity index (χ1v) is 10.0. The quantitative estimate of drug-likeness (QED) is 0.415. The van der Waals surface area contributed by atoms with Gasteiger partial charge in [-0.3, -0.25) is 9.67 Å². The van der Waals surface area contributed by atoms with Crippen LogP contribution in [0, 0.1) is 5.82 Å². The van der Waals surface area contributed by atoms with E-state index in [0.29, 0.717) is 15.7 Å². The molecule has 2 aromatic heterocycles. The Bertz CT molecular complexity index is 1160. The summed E-state index contributed by atoms with van der Waals surface area (Å²) < 4.78 is 26.9. The Morgan fingerprint density at radius 3 is 2.81 bits per heavy atom. The first-order chi connectivity index (χ1) is 14.8. The minimum Gasteiger partial charge on any atom is -0.482 e. The minimum absolute atomic E-state index is 0.150. The fraction of sp³-hybridized carbons (Fsp3) is 0.238. The number of nitrogens with zero attached hydrogens (tertiary/aromatic N) is 4. The summed E-state index contributed by atoms with van der Waals surface area (Å²) in [6, 6.07) is 5.50. The summed E-state index contributed by atoms with van der Waals surface area (Å²) in [6.45, 7) is 1.68. The van der Waals surface area contributed by atoms with Gasteiger partial charge in [0, 0.05) is 43.2 Å². The second kappa shape index (κ2) is 9.25. The predicted octanol–water partition coefficient (Wildman–Crippen LogP) is 3.94. The Morgan fingerprint density at radius 1 is 1.39 bits per heavy atom. The highest BCUT2D eigenvalue weighted by molar-refractivity contribution is 9.10. The molecule has 0 saturated carbocycles. The number of halogens is 2. The number of aromatic nitrogens is 3. The van der Waals surface area contributed by atoms with Crippen LogP contribution < -0.4 is 10.5 Å². The highest BCUT2D eigenvalue weighted by atomic mass is 79.9. The number of pyridine rings is 1. The maximum absolute atomic E-state index is 13.9. The first-order valence-electron chi connectivity index (χ1n) is 9.21. The third-order valence-electron chi connectivity index (χ3n) is 4.63. The molecule has 0 aliphatic carbocycles. The van der Waals surface area contributed by atoms with Crippen molar-refractivity contribution in [1.82, 2.24) is 14.8 Å². The minimum atomic E-state index is -0.710. The summed E-state index contributed by atoms with van der Waals surface area (Å²) in [4.78, 5) is 20.4. The van der Waals surface area contributed by atoms with Gasteiger partial charge in [0.25, 0.3) is 0 Å². The lowest BCUT2D eigenvalue weighted by molar-refractivity contribution is 0.0595. The van der Waals surface area contributed by atoms with E-state index in [9.17, 15) is 9.18 Å². The van der Waals surface area contributed by atoms with Crippen LogP contribution in [0.3, 0.4) is 0 Å². The Morgan fingerprint density at radius 2 is 2.13 bits per heavy atom. The summed E-state index contributed by atoms with van der Waals surface area (Å²) in [5, 5.41) is 4.37. The van der Waals surface area contributed by atoms with Crippen LogP contribution in [0.15, 0.2) is 40.1 Å². The molecular weight excluding hydrogens is 469 g/mol. The molecule has 0 aliphatic heterocycles. The van der Waals surface area contributed by atoms with Crippen molar-refractivity contribution in [3.8, 4) is 16.9 Å². The number of hydrogen-bond acceptors (Lipinski definition) is 7. The van der Waals surface area contributed by atoms with Crippen molar-refractivity contribution in [3.63, 3.8) is 0 Å². The summed E-state index contributed by atoms with van der Waals surface area (Å²) in [5.74, 6) is -0.661. The van der Waals surface area contributed by atoms with Crippen molar-refractivity contribution in [2.75, 3.05) is 19.9 Å². The summed E-state index contributed by atoms with van der Waals surface area (Å²) in [6.07, 6.45) is 2.57.